The third-order valence-corrected chi connectivity index (χ3v) is 2.59. The molecule has 0 aromatic carbocycles. The van der Waals surface area contributed by atoms with Crippen LogP contribution in [0.25, 0.3) is 0 Å². The summed E-state index contributed by atoms with van der Waals surface area (Å²) in [5, 5.41) is 0. The molecule has 0 aliphatic carbocycles. The van der Waals surface area contributed by atoms with Crippen LogP contribution in [0.5, 0.6) is 6.01 Å². The molecule has 1 unspecified atom stereocenters. The van der Waals surface area contributed by atoms with Gasteiger partial charge in [-0.05, 0) is 5.41 Å². The lowest BCUT2D eigenvalue weighted by molar-refractivity contribution is 0.126. The molecule has 1 aliphatic rings. The zero-order chi connectivity index (χ0) is 9.47. The Morgan fingerprint density at radius 2 is 2.31 bits per heavy atom. The van der Waals surface area contributed by atoms with Gasteiger partial charge < -0.3 is 4.74 Å². The van der Waals surface area contributed by atoms with E-state index in [2.05, 4.69) is 30.3 Å². The smallest absolute Gasteiger partial charge is 0.296 e. The van der Waals surface area contributed by atoms with E-state index in [1.165, 1.54) is 0 Å². The fourth-order valence-corrected chi connectivity index (χ4v) is 1.90. The number of hydrogen-bond donors (Lipinski definition) is 0. The van der Waals surface area contributed by atoms with Crippen molar-refractivity contribution in [1.29, 1.82) is 0 Å². The van der Waals surface area contributed by atoms with Crippen LogP contribution < -0.4 is 4.74 Å². The first-order chi connectivity index (χ1) is 6.09. The minimum Gasteiger partial charge on any atom is -0.465 e. The monoisotopic (exact) mass is 180 g/mol. The Hall–Kier alpha value is -0.990. The molecule has 0 spiro atoms. The van der Waals surface area contributed by atoms with E-state index in [0.717, 1.165) is 19.0 Å². The summed E-state index contributed by atoms with van der Waals surface area (Å²) in [7, 11) is 0. The average molecular weight is 180 g/mol. The van der Waals surface area contributed by atoms with Crippen LogP contribution in [0, 0.1) is 5.41 Å². The molecule has 0 saturated carbocycles. The predicted octanol–water partition coefficient (Wildman–Crippen LogP) is 2.25. The maximum Gasteiger partial charge on any atom is 0.296 e. The Morgan fingerprint density at radius 1 is 1.54 bits per heavy atom. The number of hydrogen-bond acceptors (Lipinski definition) is 2. The summed E-state index contributed by atoms with van der Waals surface area (Å²) in [5.41, 5.74) is 0.277. The standard InChI is InChI=1S/C10H16N2O/c1-10(2,3)8-4-7-13-9-11-5-6-12(8)9/h5-6,8H,4,7H2,1-3H3. The fourth-order valence-electron chi connectivity index (χ4n) is 1.90. The molecular weight excluding hydrogens is 164 g/mol. The maximum absolute atomic E-state index is 5.44. The Labute approximate surface area is 78.7 Å². The van der Waals surface area contributed by atoms with Crippen LogP contribution in [0.4, 0.5) is 0 Å². The van der Waals surface area contributed by atoms with Gasteiger partial charge in [-0.1, -0.05) is 20.8 Å². The quantitative estimate of drug-likeness (QED) is 0.612. The molecule has 1 atom stereocenters. The molecule has 0 saturated heterocycles. The molecule has 2 rings (SSSR count). The van der Waals surface area contributed by atoms with Crippen molar-refractivity contribution in [3.8, 4) is 6.01 Å². The van der Waals surface area contributed by atoms with E-state index >= 15 is 0 Å². The Bertz CT molecular complexity index is 298. The Morgan fingerprint density at radius 3 is 3.00 bits per heavy atom. The van der Waals surface area contributed by atoms with Gasteiger partial charge in [0.05, 0.1) is 6.61 Å². The van der Waals surface area contributed by atoms with Crippen LogP contribution in [0.15, 0.2) is 12.4 Å². The van der Waals surface area contributed by atoms with Gasteiger partial charge >= 0.3 is 0 Å². The number of rotatable bonds is 0. The summed E-state index contributed by atoms with van der Waals surface area (Å²) in [5.74, 6) is 0. The number of ether oxygens (including phenoxy) is 1. The zero-order valence-corrected chi connectivity index (χ0v) is 8.45. The average Bonchev–Trinajstić information content (AvgIpc) is 2.48. The Kier molecular flexibility index (Phi) is 1.82. The fraction of sp³-hybridized carbons (Fsp3) is 0.700. The van der Waals surface area contributed by atoms with Crippen molar-refractivity contribution in [3.05, 3.63) is 12.4 Å². The van der Waals surface area contributed by atoms with Gasteiger partial charge in [-0.25, -0.2) is 4.98 Å². The SMILES string of the molecule is CC(C)(C)C1CCOc2nccn21. The van der Waals surface area contributed by atoms with Crippen LogP contribution in [-0.4, -0.2) is 16.2 Å². The van der Waals surface area contributed by atoms with Gasteiger partial charge in [-0.3, -0.25) is 4.57 Å². The maximum atomic E-state index is 5.44. The highest BCUT2D eigenvalue weighted by atomic mass is 16.5. The van der Waals surface area contributed by atoms with Crippen LogP contribution >= 0.6 is 0 Å². The molecule has 2 heterocycles. The third-order valence-electron chi connectivity index (χ3n) is 2.59. The summed E-state index contributed by atoms with van der Waals surface area (Å²) in [6.07, 6.45) is 4.89. The van der Waals surface area contributed by atoms with Crippen LogP contribution in [0.3, 0.4) is 0 Å². The highest BCUT2D eigenvalue weighted by Gasteiger charge is 2.30. The molecule has 72 valence electrons. The Balaban J connectivity index is 2.35. The molecule has 0 fully saturated rings. The van der Waals surface area contributed by atoms with E-state index in [0.29, 0.717) is 6.04 Å². The summed E-state index contributed by atoms with van der Waals surface area (Å²) in [4.78, 5) is 4.16. The van der Waals surface area contributed by atoms with Crippen molar-refractivity contribution >= 4 is 0 Å². The molecule has 1 aromatic rings. The van der Waals surface area contributed by atoms with Crippen LogP contribution in [0.2, 0.25) is 0 Å². The van der Waals surface area contributed by atoms with E-state index < -0.39 is 0 Å². The minimum atomic E-state index is 0.277. The highest BCUT2D eigenvalue weighted by Crippen LogP contribution is 2.37. The van der Waals surface area contributed by atoms with Crippen LogP contribution in [-0.2, 0) is 0 Å². The number of nitrogens with zero attached hydrogens (tertiary/aromatic N) is 2. The van der Waals surface area contributed by atoms with Crippen molar-refractivity contribution in [2.45, 2.75) is 33.2 Å². The van der Waals surface area contributed by atoms with Gasteiger partial charge in [0.1, 0.15) is 0 Å². The van der Waals surface area contributed by atoms with Gasteiger partial charge in [0.25, 0.3) is 6.01 Å². The van der Waals surface area contributed by atoms with E-state index in [9.17, 15) is 0 Å². The number of fused-ring (bicyclic) bond motifs is 1. The summed E-state index contributed by atoms with van der Waals surface area (Å²) in [6.45, 7) is 7.56. The largest absolute Gasteiger partial charge is 0.465 e. The first-order valence-corrected chi connectivity index (χ1v) is 4.74. The molecule has 3 nitrogen and oxygen atoms in total. The van der Waals surface area contributed by atoms with E-state index in [4.69, 9.17) is 4.74 Å². The van der Waals surface area contributed by atoms with Gasteiger partial charge in [0, 0.05) is 24.9 Å². The lowest BCUT2D eigenvalue weighted by atomic mass is 9.84. The molecule has 0 N–H and O–H groups in total. The first-order valence-electron chi connectivity index (χ1n) is 4.74. The molecule has 0 radical (unpaired) electrons. The molecule has 3 heteroatoms. The number of imidazole rings is 1. The predicted molar refractivity (Wildman–Crippen MR) is 50.8 cm³/mol. The number of aromatic nitrogens is 2. The topological polar surface area (TPSA) is 27.1 Å². The minimum absolute atomic E-state index is 0.277. The molecule has 0 amide bonds. The van der Waals surface area contributed by atoms with Gasteiger partial charge in [0.15, 0.2) is 0 Å². The second kappa shape index (κ2) is 2.76. The van der Waals surface area contributed by atoms with Crippen molar-refractivity contribution in [2.24, 2.45) is 5.41 Å². The second-order valence-electron chi connectivity index (χ2n) is 4.64. The van der Waals surface area contributed by atoms with E-state index in [1.807, 2.05) is 6.20 Å². The molecule has 1 aliphatic heterocycles. The van der Waals surface area contributed by atoms with Crippen molar-refractivity contribution < 1.29 is 4.74 Å². The third kappa shape index (κ3) is 1.43. The lowest BCUT2D eigenvalue weighted by Crippen LogP contribution is -2.30. The first kappa shape index (κ1) is 8.60. The lowest BCUT2D eigenvalue weighted by Gasteiger charge is -2.35. The van der Waals surface area contributed by atoms with Crippen molar-refractivity contribution in [3.63, 3.8) is 0 Å². The zero-order valence-electron chi connectivity index (χ0n) is 8.45. The molecule has 1 aromatic heterocycles. The van der Waals surface area contributed by atoms with Crippen LogP contribution in [0.1, 0.15) is 33.2 Å². The normalized spacial score (nSPS) is 22.2. The van der Waals surface area contributed by atoms with Gasteiger partial charge in [0.2, 0.25) is 0 Å². The van der Waals surface area contributed by atoms with Crippen molar-refractivity contribution in [2.75, 3.05) is 6.61 Å². The van der Waals surface area contributed by atoms with Gasteiger partial charge in [-0.2, -0.15) is 0 Å². The molecule has 0 bridgehead atoms. The summed E-state index contributed by atoms with van der Waals surface area (Å²) < 4.78 is 7.58. The second-order valence-corrected chi connectivity index (χ2v) is 4.64. The van der Waals surface area contributed by atoms with Gasteiger partial charge in [-0.15, -0.1) is 0 Å². The summed E-state index contributed by atoms with van der Waals surface area (Å²) >= 11 is 0. The molecular formula is C10H16N2O. The molecule has 13 heavy (non-hydrogen) atoms. The van der Waals surface area contributed by atoms with Crippen molar-refractivity contribution in [1.82, 2.24) is 9.55 Å². The summed E-state index contributed by atoms with van der Waals surface area (Å²) in [6, 6.07) is 1.28. The van der Waals surface area contributed by atoms with E-state index in [1.54, 1.807) is 6.20 Å². The highest BCUT2D eigenvalue weighted by molar-refractivity contribution is 5.05. The van der Waals surface area contributed by atoms with E-state index in [-0.39, 0.29) is 5.41 Å².